The fourth-order valence-electron chi connectivity index (χ4n) is 3.62. The number of nitriles is 1. The van der Waals surface area contributed by atoms with E-state index in [1.165, 1.54) is 18.2 Å². The molecule has 0 amide bonds. The Morgan fingerprint density at radius 1 is 1.36 bits per heavy atom. The number of hydrogen-bond donors (Lipinski definition) is 2. The lowest BCUT2D eigenvalue weighted by molar-refractivity contribution is 0.152. The first kappa shape index (κ1) is 17.7. The molecule has 1 aromatic carbocycles. The Kier molecular flexibility index (Phi) is 5.26. The number of hydrogen-bond acceptors (Lipinski definition) is 5. The van der Waals surface area contributed by atoms with Gasteiger partial charge in [0.05, 0.1) is 12.3 Å². The molecular formula is C19H21N3O2S. The normalized spacial score (nSPS) is 16.4. The molecule has 1 heterocycles. The van der Waals surface area contributed by atoms with Crippen molar-refractivity contribution in [3.63, 3.8) is 0 Å². The number of aliphatic hydroxyl groups excluding tert-OH is 1. The van der Waals surface area contributed by atoms with Gasteiger partial charge >= 0.3 is 0 Å². The predicted molar refractivity (Wildman–Crippen MR) is 98.6 cm³/mol. The molecule has 0 atom stereocenters. The van der Waals surface area contributed by atoms with Crippen molar-refractivity contribution in [2.75, 3.05) is 12.9 Å². The van der Waals surface area contributed by atoms with Crippen LogP contribution in [0, 0.1) is 11.3 Å². The summed E-state index contributed by atoms with van der Waals surface area (Å²) >= 11 is 1.33. The third-order valence-corrected chi connectivity index (χ3v) is 5.64. The van der Waals surface area contributed by atoms with E-state index in [0.29, 0.717) is 10.9 Å². The highest BCUT2D eigenvalue weighted by Crippen LogP contribution is 2.40. The van der Waals surface area contributed by atoms with Crippen LogP contribution in [0.2, 0.25) is 0 Å². The fourth-order valence-corrected chi connectivity index (χ4v) is 4.00. The van der Waals surface area contributed by atoms with E-state index < -0.39 is 5.56 Å². The van der Waals surface area contributed by atoms with Crippen LogP contribution in [0.1, 0.15) is 43.2 Å². The van der Waals surface area contributed by atoms with Crippen molar-refractivity contribution in [1.29, 1.82) is 5.26 Å². The number of nitrogens with one attached hydrogen (secondary N) is 1. The highest BCUT2D eigenvalue weighted by Gasteiger charge is 2.33. The molecule has 0 radical (unpaired) electrons. The number of thioether (sulfide) groups is 1. The van der Waals surface area contributed by atoms with E-state index in [-0.39, 0.29) is 17.6 Å². The molecule has 1 fully saturated rings. The van der Waals surface area contributed by atoms with Gasteiger partial charge in [0.1, 0.15) is 11.6 Å². The number of aromatic amines is 1. The molecule has 2 aromatic rings. The molecule has 2 N–H and O–H groups in total. The number of nitrogens with zero attached hydrogens (tertiary/aromatic N) is 2. The van der Waals surface area contributed by atoms with E-state index in [1.54, 1.807) is 0 Å². The van der Waals surface area contributed by atoms with Crippen molar-refractivity contribution < 1.29 is 5.11 Å². The maximum Gasteiger partial charge on any atom is 0.270 e. The minimum Gasteiger partial charge on any atom is -0.395 e. The van der Waals surface area contributed by atoms with Crippen LogP contribution in [0.3, 0.4) is 0 Å². The van der Waals surface area contributed by atoms with Gasteiger partial charge in [-0.25, -0.2) is 4.98 Å². The maximum atomic E-state index is 12.2. The van der Waals surface area contributed by atoms with Crippen molar-refractivity contribution in [2.24, 2.45) is 0 Å². The predicted octanol–water partition coefficient (Wildman–Crippen LogP) is 3.22. The van der Waals surface area contributed by atoms with Crippen LogP contribution in [-0.4, -0.2) is 27.9 Å². The molecule has 0 unspecified atom stereocenters. The number of rotatable bonds is 4. The van der Waals surface area contributed by atoms with Crippen LogP contribution in [0.15, 0.2) is 34.2 Å². The van der Waals surface area contributed by atoms with Crippen molar-refractivity contribution in [3.05, 3.63) is 45.7 Å². The van der Waals surface area contributed by atoms with Crippen molar-refractivity contribution in [3.8, 4) is 17.3 Å². The average molecular weight is 355 g/mol. The minimum absolute atomic E-state index is 0.0247. The molecule has 0 saturated heterocycles. The number of aliphatic hydroxyl groups is 1. The third kappa shape index (κ3) is 3.35. The van der Waals surface area contributed by atoms with E-state index >= 15 is 0 Å². The molecule has 3 rings (SSSR count). The second-order valence-electron chi connectivity index (χ2n) is 6.49. The Balaban J connectivity index is 2.13. The molecule has 1 aliphatic rings. The van der Waals surface area contributed by atoms with Gasteiger partial charge in [0, 0.05) is 11.0 Å². The molecule has 1 aromatic heterocycles. The Labute approximate surface area is 151 Å². The van der Waals surface area contributed by atoms with Crippen LogP contribution in [-0.2, 0) is 5.41 Å². The summed E-state index contributed by atoms with van der Waals surface area (Å²) < 4.78 is 0. The Morgan fingerprint density at radius 3 is 2.76 bits per heavy atom. The standard InChI is InChI=1S/C19H21N3O2S/c1-25-18-21-16(15(11-20)17(24)22-18)13-6-5-7-14(10-13)19(12-23)8-3-2-4-9-19/h5-7,10,23H,2-4,8-9,12H2,1H3,(H,21,22,24). The van der Waals surface area contributed by atoms with Crippen LogP contribution in [0.5, 0.6) is 0 Å². The van der Waals surface area contributed by atoms with Crippen LogP contribution < -0.4 is 5.56 Å². The SMILES string of the molecule is CSc1nc(-c2cccc(C3(CO)CCCCC3)c2)c(C#N)c(=O)[nH]1. The number of benzene rings is 1. The van der Waals surface area contributed by atoms with Gasteiger partial charge in [0.2, 0.25) is 0 Å². The largest absolute Gasteiger partial charge is 0.395 e. The molecule has 0 spiro atoms. The van der Waals surface area contributed by atoms with Gasteiger partial charge in [-0.15, -0.1) is 0 Å². The van der Waals surface area contributed by atoms with E-state index in [1.807, 2.05) is 36.6 Å². The number of H-pyrrole nitrogens is 1. The average Bonchev–Trinajstić information content (AvgIpc) is 2.68. The van der Waals surface area contributed by atoms with Crippen molar-refractivity contribution in [1.82, 2.24) is 9.97 Å². The zero-order chi connectivity index (χ0) is 17.9. The summed E-state index contributed by atoms with van der Waals surface area (Å²) in [7, 11) is 0. The van der Waals surface area contributed by atoms with E-state index in [2.05, 4.69) is 9.97 Å². The molecular weight excluding hydrogens is 334 g/mol. The fraction of sp³-hybridized carbons (Fsp3) is 0.421. The van der Waals surface area contributed by atoms with E-state index in [0.717, 1.165) is 36.8 Å². The lowest BCUT2D eigenvalue weighted by Gasteiger charge is -2.36. The molecule has 0 aliphatic heterocycles. The molecule has 1 aliphatic carbocycles. The first-order valence-corrected chi connectivity index (χ1v) is 9.66. The van der Waals surface area contributed by atoms with Crippen molar-refractivity contribution in [2.45, 2.75) is 42.7 Å². The zero-order valence-corrected chi connectivity index (χ0v) is 15.0. The third-order valence-electron chi connectivity index (χ3n) is 5.06. The van der Waals surface area contributed by atoms with E-state index in [9.17, 15) is 15.2 Å². The Morgan fingerprint density at radius 2 is 2.12 bits per heavy atom. The van der Waals surface area contributed by atoms with Crippen LogP contribution in [0.4, 0.5) is 0 Å². The summed E-state index contributed by atoms with van der Waals surface area (Å²) in [4.78, 5) is 19.2. The smallest absolute Gasteiger partial charge is 0.270 e. The molecule has 1 saturated carbocycles. The Hall–Kier alpha value is -2.10. The summed E-state index contributed by atoms with van der Waals surface area (Å²) in [6, 6.07) is 9.76. The summed E-state index contributed by atoms with van der Waals surface area (Å²) in [5.74, 6) is 0. The van der Waals surface area contributed by atoms with Gasteiger partial charge in [-0.1, -0.05) is 49.2 Å². The molecule has 0 bridgehead atoms. The second-order valence-corrected chi connectivity index (χ2v) is 7.29. The van der Waals surface area contributed by atoms with E-state index in [4.69, 9.17) is 0 Å². The molecule has 5 nitrogen and oxygen atoms in total. The maximum absolute atomic E-state index is 12.2. The number of aromatic nitrogens is 2. The van der Waals surface area contributed by atoms with Crippen molar-refractivity contribution >= 4 is 11.8 Å². The molecule has 6 heteroatoms. The molecule has 130 valence electrons. The monoisotopic (exact) mass is 355 g/mol. The van der Waals surface area contributed by atoms with Gasteiger partial charge in [-0.3, -0.25) is 4.79 Å². The molecule has 25 heavy (non-hydrogen) atoms. The van der Waals surface area contributed by atoms with Gasteiger partial charge in [-0.05, 0) is 30.7 Å². The summed E-state index contributed by atoms with van der Waals surface area (Å²) in [6.45, 7) is 0.112. The quantitative estimate of drug-likeness (QED) is 0.649. The minimum atomic E-state index is -0.420. The highest BCUT2D eigenvalue weighted by atomic mass is 32.2. The lowest BCUT2D eigenvalue weighted by Crippen LogP contribution is -2.33. The van der Waals surface area contributed by atoms with Gasteiger partial charge < -0.3 is 10.1 Å². The van der Waals surface area contributed by atoms with Gasteiger partial charge in [-0.2, -0.15) is 5.26 Å². The second kappa shape index (κ2) is 7.42. The van der Waals surface area contributed by atoms with Crippen LogP contribution >= 0.6 is 11.8 Å². The van der Waals surface area contributed by atoms with Gasteiger partial charge in [0.25, 0.3) is 5.56 Å². The Bertz CT molecular complexity index is 864. The topological polar surface area (TPSA) is 89.8 Å². The van der Waals surface area contributed by atoms with Gasteiger partial charge in [0.15, 0.2) is 5.16 Å². The lowest BCUT2D eigenvalue weighted by atomic mass is 9.69. The highest BCUT2D eigenvalue weighted by molar-refractivity contribution is 7.98. The van der Waals surface area contributed by atoms with Crippen LogP contribution in [0.25, 0.3) is 11.3 Å². The summed E-state index contributed by atoms with van der Waals surface area (Å²) in [5, 5.41) is 19.9. The summed E-state index contributed by atoms with van der Waals surface area (Å²) in [5.41, 5.74) is 1.58. The first-order chi connectivity index (χ1) is 12.1. The first-order valence-electron chi connectivity index (χ1n) is 8.44. The zero-order valence-electron chi connectivity index (χ0n) is 14.2. The summed E-state index contributed by atoms with van der Waals surface area (Å²) in [6.07, 6.45) is 7.15.